The number of carboxylic acids is 2. The lowest BCUT2D eigenvalue weighted by atomic mass is 10.1. The fraction of sp³-hybridized carbons (Fsp3) is 0.615. The molecule has 0 aromatic heterocycles. The number of carbonyl (C=O) groups is 5. The highest BCUT2D eigenvalue weighted by molar-refractivity contribution is 7.46. The van der Waals surface area contributed by atoms with Gasteiger partial charge in [0.05, 0.1) is 19.2 Å². The molecule has 0 saturated carbocycles. The van der Waals surface area contributed by atoms with Gasteiger partial charge < -0.3 is 41.7 Å². The van der Waals surface area contributed by atoms with Crippen molar-refractivity contribution in [2.75, 3.05) is 13.2 Å². The topological polar surface area (TPSA) is 255 Å². The van der Waals surface area contributed by atoms with Gasteiger partial charge in [0.25, 0.3) is 0 Å². The quantitative estimate of drug-likeness (QED) is 0.129. The van der Waals surface area contributed by atoms with Gasteiger partial charge >= 0.3 is 19.8 Å². The number of phosphoric acid groups is 1. The number of nitrogens with two attached hydrogens (primary N) is 1. The average molecular weight is 442 g/mol. The molecular formula is C13H23N4O11P. The second kappa shape index (κ2) is 12.1. The third kappa shape index (κ3) is 12.5. The molecule has 9 N–H and O–H groups in total. The van der Waals surface area contributed by atoms with E-state index in [2.05, 4.69) is 15.2 Å². The van der Waals surface area contributed by atoms with Crippen molar-refractivity contribution in [3.63, 3.8) is 0 Å². The van der Waals surface area contributed by atoms with Crippen LogP contribution in [-0.4, -0.2) is 80.9 Å². The van der Waals surface area contributed by atoms with Crippen LogP contribution in [0.1, 0.15) is 19.8 Å². The first-order valence-electron chi connectivity index (χ1n) is 8.00. The van der Waals surface area contributed by atoms with Crippen molar-refractivity contribution in [3.8, 4) is 0 Å². The Kier molecular flexibility index (Phi) is 11.0. The highest BCUT2D eigenvalue weighted by Gasteiger charge is 2.29. The summed E-state index contributed by atoms with van der Waals surface area (Å²) >= 11 is 0. The lowest BCUT2D eigenvalue weighted by Gasteiger charge is -2.21. The first-order valence-corrected chi connectivity index (χ1v) is 9.53. The normalized spacial score (nSPS) is 14.2. The Balaban J connectivity index is 5.06. The predicted molar refractivity (Wildman–Crippen MR) is 93.0 cm³/mol. The minimum atomic E-state index is -5.01. The molecule has 0 saturated heterocycles. The standard InChI is InChI=1S/C13H23N4O11P/c1-6(14)11(21)15-4-9(18)16-7(2-3-10(19)20)12(22)17-8(13(23)24)5-28-29(25,26)27/h6-8H,2-5,14H2,1H3,(H,15,21)(H,16,18)(H,17,22)(H,19,20)(H,23,24)(H2,25,26,27). The van der Waals surface area contributed by atoms with Crippen molar-refractivity contribution in [1.29, 1.82) is 0 Å². The molecule has 0 bridgehead atoms. The number of carbonyl (C=O) groups excluding carboxylic acids is 3. The van der Waals surface area contributed by atoms with Gasteiger partial charge in [-0.25, -0.2) is 9.36 Å². The number of hydrogen-bond acceptors (Lipinski definition) is 8. The zero-order valence-corrected chi connectivity index (χ0v) is 16.1. The zero-order valence-electron chi connectivity index (χ0n) is 15.2. The molecule has 0 aliphatic carbocycles. The van der Waals surface area contributed by atoms with E-state index in [9.17, 15) is 28.5 Å². The van der Waals surface area contributed by atoms with Crippen molar-refractivity contribution < 1.29 is 53.1 Å². The van der Waals surface area contributed by atoms with E-state index in [4.69, 9.17) is 25.7 Å². The average Bonchev–Trinajstić information content (AvgIpc) is 2.58. The number of rotatable bonds is 13. The molecule has 16 heteroatoms. The van der Waals surface area contributed by atoms with Crippen molar-refractivity contribution in [3.05, 3.63) is 0 Å². The first kappa shape index (κ1) is 26.4. The van der Waals surface area contributed by atoms with E-state index in [0.29, 0.717) is 0 Å². The molecule has 166 valence electrons. The van der Waals surface area contributed by atoms with Gasteiger partial charge in [-0.2, -0.15) is 0 Å². The zero-order chi connectivity index (χ0) is 22.8. The van der Waals surface area contributed by atoms with Gasteiger partial charge in [0.1, 0.15) is 6.04 Å². The van der Waals surface area contributed by atoms with E-state index in [1.165, 1.54) is 6.92 Å². The Hall–Kier alpha value is -2.58. The van der Waals surface area contributed by atoms with Crippen LogP contribution in [0.3, 0.4) is 0 Å². The van der Waals surface area contributed by atoms with Gasteiger partial charge in [0.15, 0.2) is 6.04 Å². The Morgan fingerprint density at radius 3 is 2.07 bits per heavy atom. The smallest absolute Gasteiger partial charge is 0.469 e. The van der Waals surface area contributed by atoms with Crippen LogP contribution in [-0.2, 0) is 33.1 Å². The second-order valence-corrected chi connectivity index (χ2v) is 6.98. The van der Waals surface area contributed by atoms with Crippen LogP contribution < -0.4 is 21.7 Å². The summed E-state index contributed by atoms with van der Waals surface area (Å²) in [6.45, 7) is -0.307. The molecular weight excluding hydrogens is 419 g/mol. The van der Waals surface area contributed by atoms with Crippen LogP contribution in [0.15, 0.2) is 0 Å². The monoisotopic (exact) mass is 442 g/mol. The summed E-state index contributed by atoms with van der Waals surface area (Å²) in [6.07, 6.45) is -0.999. The lowest BCUT2D eigenvalue weighted by molar-refractivity contribution is -0.143. The maximum Gasteiger partial charge on any atom is 0.469 e. The van der Waals surface area contributed by atoms with Gasteiger partial charge in [-0.1, -0.05) is 0 Å². The fourth-order valence-electron chi connectivity index (χ4n) is 1.73. The van der Waals surface area contributed by atoms with Crippen molar-refractivity contribution in [2.24, 2.45) is 5.73 Å². The minimum absolute atomic E-state index is 0.431. The predicted octanol–water partition coefficient (Wildman–Crippen LogP) is -3.52. The summed E-state index contributed by atoms with van der Waals surface area (Å²) in [7, 11) is -5.01. The van der Waals surface area contributed by atoms with Crippen LogP contribution in [0.25, 0.3) is 0 Å². The number of hydrogen-bond donors (Lipinski definition) is 8. The summed E-state index contributed by atoms with van der Waals surface area (Å²) in [5.74, 6) is -5.68. The maximum atomic E-state index is 12.2. The number of carboxylic acid groups (broad SMARTS) is 2. The maximum absolute atomic E-state index is 12.2. The largest absolute Gasteiger partial charge is 0.481 e. The third-order valence-electron chi connectivity index (χ3n) is 3.16. The number of aliphatic carboxylic acids is 2. The molecule has 0 aliphatic rings. The molecule has 3 unspecified atom stereocenters. The van der Waals surface area contributed by atoms with Crippen LogP contribution >= 0.6 is 7.82 Å². The highest BCUT2D eigenvalue weighted by Crippen LogP contribution is 2.35. The summed E-state index contributed by atoms with van der Waals surface area (Å²) in [4.78, 5) is 74.5. The molecule has 3 amide bonds. The first-order chi connectivity index (χ1) is 13.2. The van der Waals surface area contributed by atoms with Crippen molar-refractivity contribution >= 4 is 37.5 Å². The van der Waals surface area contributed by atoms with Crippen molar-refractivity contribution in [2.45, 2.75) is 37.9 Å². The molecule has 0 rings (SSSR count). The molecule has 29 heavy (non-hydrogen) atoms. The van der Waals surface area contributed by atoms with E-state index >= 15 is 0 Å². The van der Waals surface area contributed by atoms with Gasteiger partial charge in [-0.15, -0.1) is 0 Å². The molecule has 0 spiro atoms. The second-order valence-electron chi connectivity index (χ2n) is 5.74. The molecule has 0 aromatic rings. The molecule has 0 radical (unpaired) electrons. The Bertz CT molecular complexity index is 678. The molecule has 15 nitrogen and oxygen atoms in total. The van der Waals surface area contributed by atoms with E-state index in [-0.39, 0.29) is 0 Å². The summed E-state index contributed by atoms with van der Waals surface area (Å²) in [5, 5.41) is 23.9. The molecule has 0 fully saturated rings. The molecule has 0 heterocycles. The highest BCUT2D eigenvalue weighted by atomic mass is 31.2. The summed E-state index contributed by atoms with van der Waals surface area (Å²) < 4.78 is 14.7. The van der Waals surface area contributed by atoms with Crippen LogP contribution in [0.4, 0.5) is 0 Å². The number of amides is 3. The van der Waals surface area contributed by atoms with Gasteiger partial charge in [0, 0.05) is 6.42 Å². The van der Waals surface area contributed by atoms with E-state index in [1.807, 2.05) is 5.32 Å². The Labute approximate surface area is 164 Å². The van der Waals surface area contributed by atoms with Crippen LogP contribution in [0, 0.1) is 0 Å². The van der Waals surface area contributed by atoms with E-state index < -0.39 is 81.6 Å². The molecule has 0 aromatic carbocycles. The number of nitrogens with one attached hydrogen (secondary N) is 3. The summed E-state index contributed by atoms with van der Waals surface area (Å²) in [5.41, 5.74) is 5.30. The van der Waals surface area contributed by atoms with Crippen molar-refractivity contribution in [1.82, 2.24) is 16.0 Å². The Morgan fingerprint density at radius 2 is 1.62 bits per heavy atom. The van der Waals surface area contributed by atoms with E-state index in [0.717, 1.165) is 0 Å². The SMILES string of the molecule is CC(N)C(=O)NCC(=O)NC(CCC(=O)O)C(=O)NC(COP(=O)(O)O)C(=O)O. The fourth-order valence-corrected chi connectivity index (χ4v) is 2.07. The molecule has 0 aliphatic heterocycles. The number of phosphoric ester groups is 1. The van der Waals surface area contributed by atoms with Crippen LogP contribution in [0.5, 0.6) is 0 Å². The Morgan fingerprint density at radius 1 is 1.03 bits per heavy atom. The van der Waals surface area contributed by atoms with Gasteiger partial charge in [-0.05, 0) is 13.3 Å². The van der Waals surface area contributed by atoms with E-state index in [1.54, 1.807) is 0 Å². The third-order valence-corrected chi connectivity index (χ3v) is 3.64. The lowest BCUT2D eigenvalue weighted by Crippen LogP contribution is -2.54. The van der Waals surface area contributed by atoms with Crippen LogP contribution in [0.2, 0.25) is 0 Å². The summed E-state index contributed by atoms with van der Waals surface area (Å²) in [6, 6.07) is -4.31. The minimum Gasteiger partial charge on any atom is -0.481 e. The molecule has 3 atom stereocenters. The van der Waals surface area contributed by atoms with Gasteiger partial charge in [0.2, 0.25) is 17.7 Å². The van der Waals surface area contributed by atoms with Gasteiger partial charge in [-0.3, -0.25) is 23.7 Å².